The molecule has 0 saturated heterocycles. The summed E-state index contributed by atoms with van der Waals surface area (Å²) in [6, 6.07) is 8.86. The van der Waals surface area contributed by atoms with Crippen LogP contribution in [-0.2, 0) is 0 Å². The molecule has 4 rings (SSSR count). The number of aliphatic hydroxyl groups excluding tert-OH is 1. The summed E-state index contributed by atoms with van der Waals surface area (Å²) in [7, 11) is 0. The van der Waals surface area contributed by atoms with Crippen molar-refractivity contribution >= 4 is 10.9 Å². The van der Waals surface area contributed by atoms with Gasteiger partial charge in [-0.1, -0.05) is 6.07 Å². The van der Waals surface area contributed by atoms with Crippen molar-refractivity contribution in [2.24, 2.45) is 0 Å². The van der Waals surface area contributed by atoms with Crippen molar-refractivity contribution in [1.82, 2.24) is 24.5 Å². The number of aromatic nitrogens is 5. The zero-order valence-corrected chi connectivity index (χ0v) is 15.6. The van der Waals surface area contributed by atoms with Crippen LogP contribution in [0, 0.1) is 6.92 Å². The third-order valence-electron chi connectivity index (χ3n) is 4.62. The van der Waals surface area contributed by atoms with Crippen LogP contribution < -0.4 is 5.56 Å². The summed E-state index contributed by atoms with van der Waals surface area (Å²) in [6.45, 7) is 3.57. The lowest BCUT2D eigenvalue weighted by atomic mass is 10.1. The van der Waals surface area contributed by atoms with Crippen molar-refractivity contribution < 1.29 is 5.11 Å². The van der Waals surface area contributed by atoms with E-state index in [1.165, 1.54) is 10.9 Å². The van der Waals surface area contributed by atoms with E-state index < -0.39 is 0 Å². The predicted molar refractivity (Wildman–Crippen MR) is 107 cm³/mol. The molecule has 0 aliphatic carbocycles. The normalized spacial score (nSPS) is 12.2. The highest BCUT2D eigenvalue weighted by Crippen LogP contribution is 2.27. The maximum atomic E-state index is 13.1. The highest BCUT2D eigenvalue weighted by Gasteiger charge is 2.17. The third-order valence-corrected chi connectivity index (χ3v) is 4.62. The Bertz CT molecular complexity index is 1190. The number of aryl methyl sites for hydroxylation is 1. The molecule has 0 unspecified atom stereocenters. The lowest BCUT2D eigenvalue weighted by Gasteiger charge is -2.14. The van der Waals surface area contributed by atoms with Crippen molar-refractivity contribution in [2.45, 2.75) is 19.9 Å². The summed E-state index contributed by atoms with van der Waals surface area (Å²) in [4.78, 5) is 30.9. The van der Waals surface area contributed by atoms with Gasteiger partial charge in [0, 0.05) is 24.2 Å². The van der Waals surface area contributed by atoms with Crippen molar-refractivity contribution in [1.29, 1.82) is 0 Å². The van der Waals surface area contributed by atoms with E-state index in [0.29, 0.717) is 28.0 Å². The van der Waals surface area contributed by atoms with E-state index in [0.717, 1.165) is 11.1 Å². The third kappa shape index (κ3) is 3.16. The summed E-state index contributed by atoms with van der Waals surface area (Å²) < 4.78 is 1.43. The Morgan fingerprint density at radius 3 is 2.68 bits per heavy atom. The van der Waals surface area contributed by atoms with Crippen molar-refractivity contribution in [3.05, 3.63) is 71.2 Å². The molecule has 4 aromatic rings. The van der Waals surface area contributed by atoms with Crippen molar-refractivity contribution in [3.63, 3.8) is 0 Å². The first-order valence-electron chi connectivity index (χ1n) is 8.94. The Labute approximate surface area is 161 Å². The van der Waals surface area contributed by atoms with E-state index in [1.807, 2.05) is 31.2 Å². The Hall–Kier alpha value is -3.45. The van der Waals surface area contributed by atoms with Crippen LogP contribution in [0.5, 0.6) is 0 Å². The Kier molecular flexibility index (Phi) is 4.67. The largest absolute Gasteiger partial charge is 0.394 e. The van der Waals surface area contributed by atoms with E-state index in [4.69, 9.17) is 4.98 Å². The highest BCUT2D eigenvalue weighted by molar-refractivity contribution is 5.93. The molecular weight excluding hydrogens is 354 g/mol. The molecule has 4 aromatic heterocycles. The van der Waals surface area contributed by atoms with Gasteiger partial charge in [-0.2, -0.15) is 0 Å². The molecule has 4 heterocycles. The van der Waals surface area contributed by atoms with Gasteiger partial charge >= 0.3 is 0 Å². The van der Waals surface area contributed by atoms with E-state index in [-0.39, 0.29) is 18.2 Å². The number of rotatable bonds is 4. The quantitative estimate of drug-likeness (QED) is 0.591. The number of hydrogen-bond acceptors (Lipinski definition) is 6. The second-order valence-corrected chi connectivity index (χ2v) is 6.70. The maximum absolute atomic E-state index is 13.1. The average Bonchev–Trinajstić information content (AvgIpc) is 2.74. The van der Waals surface area contributed by atoms with Crippen LogP contribution in [0.4, 0.5) is 0 Å². The maximum Gasteiger partial charge on any atom is 0.261 e. The summed E-state index contributed by atoms with van der Waals surface area (Å²) >= 11 is 0. The molecule has 0 amide bonds. The first-order chi connectivity index (χ1) is 13.6. The van der Waals surface area contributed by atoms with Gasteiger partial charge in [0.1, 0.15) is 5.52 Å². The Balaban J connectivity index is 2.04. The van der Waals surface area contributed by atoms with E-state index >= 15 is 0 Å². The SMILES string of the molecule is Cc1ccc(-c2cc3c(=O)n([C@@H](C)CO)cnc3c(-c3cccnc3)n2)nc1. The van der Waals surface area contributed by atoms with Gasteiger partial charge in [0.15, 0.2) is 0 Å². The molecular formula is C21H19N5O2. The molecule has 0 bridgehead atoms. The van der Waals surface area contributed by atoms with Gasteiger partial charge in [0.05, 0.1) is 41.4 Å². The average molecular weight is 373 g/mol. The van der Waals surface area contributed by atoms with Crippen LogP contribution in [0.3, 0.4) is 0 Å². The molecule has 0 aliphatic rings. The molecule has 0 fully saturated rings. The number of nitrogens with zero attached hydrogens (tertiary/aromatic N) is 5. The van der Waals surface area contributed by atoms with Gasteiger partial charge < -0.3 is 5.11 Å². The van der Waals surface area contributed by atoms with Crippen molar-refractivity contribution in [2.75, 3.05) is 6.61 Å². The van der Waals surface area contributed by atoms with Crippen LogP contribution in [0.25, 0.3) is 33.5 Å². The summed E-state index contributed by atoms with van der Waals surface area (Å²) in [5.74, 6) is 0. The molecule has 1 atom stereocenters. The smallest absolute Gasteiger partial charge is 0.261 e. The van der Waals surface area contributed by atoms with Crippen LogP contribution in [-0.4, -0.2) is 36.2 Å². The fraction of sp³-hybridized carbons (Fsp3) is 0.190. The van der Waals surface area contributed by atoms with E-state index in [9.17, 15) is 9.90 Å². The molecule has 28 heavy (non-hydrogen) atoms. The zero-order chi connectivity index (χ0) is 19.7. The predicted octanol–water partition coefficient (Wildman–Crippen LogP) is 2.78. The number of fused-ring (bicyclic) bond motifs is 1. The van der Waals surface area contributed by atoms with Crippen LogP contribution in [0.1, 0.15) is 18.5 Å². The minimum absolute atomic E-state index is 0.153. The molecule has 0 aliphatic heterocycles. The second-order valence-electron chi connectivity index (χ2n) is 6.70. The Morgan fingerprint density at radius 2 is 2.00 bits per heavy atom. The minimum Gasteiger partial charge on any atom is -0.394 e. The van der Waals surface area contributed by atoms with Crippen LogP contribution in [0.2, 0.25) is 0 Å². The molecule has 0 spiro atoms. The molecule has 140 valence electrons. The number of aliphatic hydroxyl groups is 1. The van der Waals surface area contributed by atoms with Crippen molar-refractivity contribution in [3.8, 4) is 22.6 Å². The van der Waals surface area contributed by atoms with Gasteiger partial charge in [-0.15, -0.1) is 0 Å². The molecule has 7 nitrogen and oxygen atoms in total. The van der Waals surface area contributed by atoms with Crippen LogP contribution in [0.15, 0.2) is 60.0 Å². The molecule has 0 saturated carbocycles. The highest BCUT2D eigenvalue weighted by atomic mass is 16.3. The van der Waals surface area contributed by atoms with Gasteiger partial charge in [0.2, 0.25) is 0 Å². The molecule has 7 heteroatoms. The second kappa shape index (κ2) is 7.28. The minimum atomic E-state index is -0.375. The van der Waals surface area contributed by atoms with Gasteiger partial charge in [-0.25, -0.2) is 9.97 Å². The summed E-state index contributed by atoms with van der Waals surface area (Å²) in [6.07, 6.45) is 6.59. The van der Waals surface area contributed by atoms with Gasteiger partial charge in [-0.3, -0.25) is 19.3 Å². The molecule has 1 N–H and O–H groups in total. The lowest BCUT2D eigenvalue weighted by Crippen LogP contribution is -2.25. The van der Waals surface area contributed by atoms with Crippen LogP contribution >= 0.6 is 0 Å². The topological polar surface area (TPSA) is 93.8 Å². The standard InChI is InChI=1S/C21H19N5O2/c1-13-5-6-17(23-9-13)18-8-16-20(19(25-18)15-4-3-7-22-10-15)24-12-26(21(16)28)14(2)11-27/h3-10,12,14,27H,11H2,1-2H3/t14-/m0/s1. The molecule has 0 radical (unpaired) electrons. The van der Waals surface area contributed by atoms with Gasteiger partial charge in [-0.05, 0) is 43.7 Å². The van der Waals surface area contributed by atoms with Gasteiger partial charge in [0.25, 0.3) is 5.56 Å². The summed E-state index contributed by atoms with van der Waals surface area (Å²) in [5.41, 5.74) is 3.90. The Morgan fingerprint density at radius 1 is 1.14 bits per heavy atom. The monoisotopic (exact) mass is 373 g/mol. The number of hydrogen-bond donors (Lipinski definition) is 1. The van der Waals surface area contributed by atoms with E-state index in [2.05, 4.69) is 15.0 Å². The fourth-order valence-corrected chi connectivity index (χ4v) is 3.00. The first kappa shape index (κ1) is 17.9. The van der Waals surface area contributed by atoms with E-state index in [1.54, 1.807) is 31.6 Å². The zero-order valence-electron chi connectivity index (χ0n) is 15.6. The fourth-order valence-electron chi connectivity index (χ4n) is 3.00. The first-order valence-corrected chi connectivity index (χ1v) is 8.94. The molecule has 0 aromatic carbocycles. The summed E-state index contributed by atoms with van der Waals surface area (Å²) in [5, 5.41) is 9.88. The lowest BCUT2D eigenvalue weighted by molar-refractivity contribution is 0.236. The number of pyridine rings is 3.